The fraction of sp³-hybridized carbons (Fsp3) is 0.167. The van der Waals surface area contributed by atoms with Gasteiger partial charge in [-0.3, -0.25) is 13.8 Å². The van der Waals surface area contributed by atoms with Gasteiger partial charge in [-0.05, 0) is 92.1 Å². The highest BCUT2D eigenvalue weighted by atomic mass is 32.2. The quantitative estimate of drug-likeness (QED) is 0.259. The Labute approximate surface area is 240 Å². The molecule has 0 fully saturated rings. The molecule has 0 bridgehead atoms. The van der Waals surface area contributed by atoms with Gasteiger partial charge in [-0.15, -0.1) is 0 Å². The molecule has 1 amide bonds. The fourth-order valence-electron chi connectivity index (χ4n) is 4.11. The van der Waals surface area contributed by atoms with Crippen molar-refractivity contribution in [3.8, 4) is 5.75 Å². The van der Waals surface area contributed by atoms with Crippen LogP contribution in [-0.4, -0.2) is 36.4 Å². The third kappa shape index (κ3) is 6.87. The summed E-state index contributed by atoms with van der Waals surface area (Å²) in [4.78, 5) is 13.2. The van der Waals surface area contributed by atoms with Crippen LogP contribution in [0.3, 0.4) is 0 Å². The molecule has 0 atom stereocenters. The molecule has 11 heteroatoms. The Hall–Kier alpha value is -4.35. The molecule has 0 aliphatic heterocycles. The summed E-state index contributed by atoms with van der Waals surface area (Å²) >= 11 is 0. The van der Waals surface area contributed by atoms with Gasteiger partial charge in [0.2, 0.25) is 5.91 Å². The second-order valence-electron chi connectivity index (χ2n) is 9.50. The van der Waals surface area contributed by atoms with Crippen molar-refractivity contribution in [2.45, 2.75) is 30.6 Å². The molecule has 0 saturated carbocycles. The molecule has 41 heavy (non-hydrogen) atoms. The number of aryl methyl sites for hydroxylation is 3. The van der Waals surface area contributed by atoms with Crippen LogP contribution in [0.1, 0.15) is 16.7 Å². The number of nitrogens with zero attached hydrogens (tertiary/aromatic N) is 1. The molecule has 4 rings (SSSR count). The molecular formula is C30H31N3O6S2. The lowest BCUT2D eigenvalue weighted by atomic mass is 10.1. The average Bonchev–Trinajstić information content (AvgIpc) is 2.94. The van der Waals surface area contributed by atoms with Crippen LogP contribution in [0.4, 0.5) is 17.1 Å². The maximum Gasteiger partial charge on any atom is 0.264 e. The molecule has 0 aliphatic rings. The minimum absolute atomic E-state index is 0.00850. The number of sulfonamides is 2. The molecule has 0 spiro atoms. The first-order valence-electron chi connectivity index (χ1n) is 12.6. The first-order valence-corrected chi connectivity index (χ1v) is 15.6. The van der Waals surface area contributed by atoms with Gasteiger partial charge in [-0.1, -0.05) is 36.4 Å². The van der Waals surface area contributed by atoms with E-state index in [1.54, 1.807) is 49.4 Å². The van der Waals surface area contributed by atoms with Crippen molar-refractivity contribution >= 4 is 43.0 Å². The van der Waals surface area contributed by atoms with Gasteiger partial charge in [0.05, 0.1) is 28.3 Å². The predicted octanol–water partition coefficient (Wildman–Crippen LogP) is 5.26. The molecule has 0 aliphatic carbocycles. The molecule has 0 saturated heterocycles. The van der Waals surface area contributed by atoms with Gasteiger partial charge in [0.15, 0.2) is 0 Å². The number of hydrogen-bond acceptors (Lipinski definition) is 6. The van der Waals surface area contributed by atoms with Crippen molar-refractivity contribution in [2.24, 2.45) is 0 Å². The monoisotopic (exact) mass is 593 g/mol. The Morgan fingerprint density at radius 1 is 0.780 bits per heavy atom. The number of benzene rings is 4. The number of amides is 1. The van der Waals surface area contributed by atoms with E-state index in [9.17, 15) is 21.6 Å². The van der Waals surface area contributed by atoms with Gasteiger partial charge in [-0.25, -0.2) is 16.8 Å². The van der Waals surface area contributed by atoms with Gasteiger partial charge in [-0.2, -0.15) is 0 Å². The number of anilines is 3. The van der Waals surface area contributed by atoms with E-state index >= 15 is 0 Å². The van der Waals surface area contributed by atoms with Crippen molar-refractivity contribution in [1.29, 1.82) is 0 Å². The fourth-order valence-corrected chi connectivity index (χ4v) is 6.68. The standard InChI is InChI=1S/C30H31N3O6S2/c1-21-10-12-23(3)27(18-21)32-40(35,36)25-15-13-24(14-16-25)31-30(34)20-33(28-19-22(2)11-17-29(28)39-4)41(37,38)26-8-6-5-7-9-26/h5-19,32H,20H2,1-4H3,(H,31,34). The zero-order valence-electron chi connectivity index (χ0n) is 23.1. The van der Waals surface area contributed by atoms with Crippen LogP contribution in [0.25, 0.3) is 0 Å². The SMILES string of the molecule is COc1ccc(C)cc1N(CC(=O)Nc1ccc(S(=O)(=O)Nc2cc(C)ccc2C)cc1)S(=O)(=O)c1ccccc1. The third-order valence-electron chi connectivity index (χ3n) is 6.31. The van der Waals surface area contributed by atoms with Gasteiger partial charge in [0.25, 0.3) is 20.0 Å². The summed E-state index contributed by atoms with van der Waals surface area (Å²) in [5.74, 6) is -0.342. The van der Waals surface area contributed by atoms with Gasteiger partial charge < -0.3 is 10.1 Å². The second-order valence-corrected chi connectivity index (χ2v) is 13.0. The molecule has 9 nitrogen and oxygen atoms in total. The van der Waals surface area contributed by atoms with Crippen LogP contribution in [0.5, 0.6) is 5.75 Å². The second kappa shape index (κ2) is 12.0. The molecule has 0 radical (unpaired) electrons. The van der Waals surface area contributed by atoms with E-state index in [2.05, 4.69) is 10.0 Å². The lowest BCUT2D eigenvalue weighted by Crippen LogP contribution is -2.38. The number of nitrogens with one attached hydrogen (secondary N) is 2. The van der Waals surface area contributed by atoms with Crippen LogP contribution in [0.15, 0.2) is 101 Å². The first-order chi connectivity index (χ1) is 19.4. The zero-order chi connectivity index (χ0) is 29.8. The lowest BCUT2D eigenvalue weighted by molar-refractivity contribution is -0.114. The van der Waals surface area contributed by atoms with E-state index in [0.717, 1.165) is 21.0 Å². The molecular weight excluding hydrogens is 562 g/mol. The number of rotatable bonds is 10. The Bertz CT molecular complexity index is 1770. The smallest absolute Gasteiger partial charge is 0.264 e. The first kappa shape index (κ1) is 29.6. The largest absolute Gasteiger partial charge is 0.495 e. The zero-order valence-corrected chi connectivity index (χ0v) is 24.7. The summed E-state index contributed by atoms with van der Waals surface area (Å²) in [7, 11) is -6.60. The number of carbonyl (C=O) groups is 1. The van der Waals surface area contributed by atoms with E-state index in [-0.39, 0.29) is 21.2 Å². The molecule has 0 unspecified atom stereocenters. The Morgan fingerprint density at radius 2 is 1.41 bits per heavy atom. The molecule has 4 aromatic carbocycles. The highest BCUT2D eigenvalue weighted by Gasteiger charge is 2.29. The van der Waals surface area contributed by atoms with Gasteiger partial charge >= 0.3 is 0 Å². The van der Waals surface area contributed by atoms with Crippen LogP contribution in [0, 0.1) is 20.8 Å². The van der Waals surface area contributed by atoms with Gasteiger partial charge in [0, 0.05) is 5.69 Å². The van der Waals surface area contributed by atoms with E-state index in [4.69, 9.17) is 4.74 Å². The van der Waals surface area contributed by atoms with Crippen molar-refractivity contribution in [1.82, 2.24) is 0 Å². The normalized spacial score (nSPS) is 11.5. The summed E-state index contributed by atoms with van der Waals surface area (Å²) in [6.45, 7) is 4.94. The van der Waals surface area contributed by atoms with Gasteiger partial charge in [0.1, 0.15) is 12.3 Å². The van der Waals surface area contributed by atoms with Crippen LogP contribution >= 0.6 is 0 Å². The van der Waals surface area contributed by atoms with Crippen molar-refractivity contribution in [2.75, 3.05) is 28.0 Å². The average molecular weight is 594 g/mol. The van der Waals surface area contributed by atoms with Crippen molar-refractivity contribution < 1.29 is 26.4 Å². The maximum atomic E-state index is 13.7. The molecule has 0 aromatic heterocycles. The summed E-state index contributed by atoms with van der Waals surface area (Å²) in [6, 6.07) is 24.0. The third-order valence-corrected chi connectivity index (χ3v) is 9.46. The minimum Gasteiger partial charge on any atom is -0.495 e. The summed E-state index contributed by atoms with van der Waals surface area (Å²) in [6.07, 6.45) is 0. The Kier molecular flexibility index (Phi) is 8.69. The topological polar surface area (TPSA) is 122 Å². The highest BCUT2D eigenvalue weighted by molar-refractivity contribution is 7.93. The number of hydrogen-bond donors (Lipinski definition) is 2. The molecule has 0 heterocycles. The lowest BCUT2D eigenvalue weighted by Gasteiger charge is -2.26. The van der Waals surface area contributed by atoms with Crippen LogP contribution in [0.2, 0.25) is 0 Å². The predicted molar refractivity (Wildman–Crippen MR) is 161 cm³/mol. The number of carbonyl (C=O) groups excluding carboxylic acids is 1. The minimum atomic E-state index is -4.15. The number of methoxy groups -OCH3 is 1. The summed E-state index contributed by atoms with van der Waals surface area (Å²) in [5.41, 5.74) is 3.47. The van der Waals surface area contributed by atoms with Crippen molar-refractivity contribution in [3.05, 3.63) is 108 Å². The number of ether oxygens (including phenoxy) is 1. The molecule has 214 valence electrons. The van der Waals surface area contributed by atoms with E-state index in [0.29, 0.717) is 11.4 Å². The van der Waals surface area contributed by atoms with Crippen LogP contribution < -0.4 is 19.1 Å². The molecule has 2 N–H and O–H groups in total. The Morgan fingerprint density at radius 3 is 2.07 bits per heavy atom. The van der Waals surface area contributed by atoms with Crippen molar-refractivity contribution in [3.63, 3.8) is 0 Å². The summed E-state index contributed by atoms with van der Waals surface area (Å²) < 4.78 is 62.2. The van der Waals surface area contributed by atoms with E-state index < -0.39 is 32.5 Å². The molecule has 4 aromatic rings. The Balaban J connectivity index is 1.57. The summed E-state index contributed by atoms with van der Waals surface area (Å²) in [5, 5.41) is 2.66. The highest BCUT2D eigenvalue weighted by Crippen LogP contribution is 2.33. The van der Waals surface area contributed by atoms with E-state index in [1.165, 1.54) is 43.5 Å². The van der Waals surface area contributed by atoms with Crippen LogP contribution in [-0.2, 0) is 24.8 Å². The maximum absolute atomic E-state index is 13.7. The van der Waals surface area contributed by atoms with E-state index in [1.807, 2.05) is 26.0 Å².